The van der Waals surface area contributed by atoms with Gasteiger partial charge in [0.15, 0.2) is 0 Å². The number of carbonyl (C=O) groups excluding carboxylic acids is 3. The Kier molecular flexibility index (Phi) is 10.7. The zero-order chi connectivity index (χ0) is 28.5. The Morgan fingerprint density at radius 2 is 1.38 bits per heavy atom. The lowest BCUT2D eigenvalue weighted by atomic mass is 10.0. The predicted molar refractivity (Wildman–Crippen MR) is 153 cm³/mol. The molecule has 0 spiro atoms. The number of aromatic amines is 1. The van der Waals surface area contributed by atoms with Crippen molar-refractivity contribution < 1.29 is 29.4 Å². The van der Waals surface area contributed by atoms with E-state index in [0.29, 0.717) is 5.56 Å². The molecule has 4 atom stereocenters. The van der Waals surface area contributed by atoms with Gasteiger partial charge in [-0.25, -0.2) is 4.79 Å². The number of nitrogens with two attached hydrogens (primary N) is 1. The van der Waals surface area contributed by atoms with Crippen LogP contribution in [0.1, 0.15) is 11.1 Å². The molecule has 3 aromatic rings. The number of nitrogens with one attached hydrogen (secondary N) is 4. The van der Waals surface area contributed by atoms with E-state index in [9.17, 15) is 29.4 Å². The zero-order valence-corrected chi connectivity index (χ0v) is 22.6. The molecule has 0 saturated heterocycles. The van der Waals surface area contributed by atoms with Crippen molar-refractivity contribution in [3.8, 4) is 5.75 Å². The third-order valence-electron chi connectivity index (χ3n) is 6.07. The number of thiol groups is 2. The smallest absolute Gasteiger partial charge is 0.326 e. The maximum atomic E-state index is 12.9. The molecular formula is C26H31N5O6S2. The number of aromatic hydroxyl groups is 1. The van der Waals surface area contributed by atoms with Crippen molar-refractivity contribution in [3.05, 3.63) is 65.9 Å². The van der Waals surface area contributed by atoms with Crippen molar-refractivity contribution in [2.24, 2.45) is 5.73 Å². The number of rotatable bonds is 13. The van der Waals surface area contributed by atoms with E-state index in [1.165, 1.54) is 12.1 Å². The molecule has 13 heteroatoms. The minimum Gasteiger partial charge on any atom is -0.508 e. The van der Waals surface area contributed by atoms with Crippen LogP contribution in [0.2, 0.25) is 0 Å². The van der Waals surface area contributed by atoms with Gasteiger partial charge in [-0.3, -0.25) is 14.4 Å². The van der Waals surface area contributed by atoms with Crippen LogP contribution in [0.5, 0.6) is 5.75 Å². The number of carboxylic acid groups (broad SMARTS) is 1. The summed E-state index contributed by atoms with van der Waals surface area (Å²) in [6.45, 7) is 0. The molecule has 1 heterocycles. The van der Waals surface area contributed by atoms with Crippen LogP contribution in [0, 0.1) is 0 Å². The molecule has 0 aliphatic carbocycles. The summed E-state index contributed by atoms with van der Waals surface area (Å²) in [6, 6.07) is 9.08. The van der Waals surface area contributed by atoms with Crippen molar-refractivity contribution in [1.82, 2.24) is 20.9 Å². The van der Waals surface area contributed by atoms with Crippen LogP contribution in [0.4, 0.5) is 0 Å². The molecule has 2 aromatic carbocycles. The highest BCUT2D eigenvalue weighted by molar-refractivity contribution is 7.80. The summed E-state index contributed by atoms with van der Waals surface area (Å²) >= 11 is 8.26. The number of phenolic OH excluding ortho intramolecular Hbond substituents is 1. The standard InChI is InChI=1S/C26H31N5O6S2/c27-18(9-14-5-7-16(32)8-6-14)23(33)30-21(12-38)25(35)31-22(13-39)24(34)29-20(26(36)37)10-15-11-28-19-4-2-1-3-17(15)19/h1-8,11,18,20-22,28,32,38-39H,9-10,12-13,27H2,(H,29,34)(H,30,33)(H,31,35)(H,36,37). The lowest BCUT2D eigenvalue weighted by molar-refractivity contribution is -0.142. The molecule has 0 radical (unpaired) electrons. The highest BCUT2D eigenvalue weighted by atomic mass is 32.1. The van der Waals surface area contributed by atoms with E-state index in [1.807, 2.05) is 24.3 Å². The molecule has 0 aliphatic rings. The van der Waals surface area contributed by atoms with Gasteiger partial charge in [-0.1, -0.05) is 30.3 Å². The monoisotopic (exact) mass is 573 g/mol. The van der Waals surface area contributed by atoms with Gasteiger partial charge in [-0.2, -0.15) is 25.3 Å². The molecular weight excluding hydrogens is 542 g/mol. The number of H-pyrrole nitrogens is 1. The molecule has 0 saturated carbocycles. The molecule has 1 aromatic heterocycles. The molecule has 0 aliphatic heterocycles. The van der Waals surface area contributed by atoms with Gasteiger partial charge in [-0.05, 0) is 35.7 Å². The highest BCUT2D eigenvalue weighted by Crippen LogP contribution is 2.19. The van der Waals surface area contributed by atoms with Crippen molar-refractivity contribution in [1.29, 1.82) is 0 Å². The third kappa shape index (κ3) is 8.15. The molecule has 0 fully saturated rings. The maximum absolute atomic E-state index is 12.9. The van der Waals surface area contributed by atoms with Crippen LogP contribution in [-0.2, 0) is 32.0 Å². The van der Waals surface area contributed by atoms with E-state index in [1.54, 1.807) is 18.3 Å². The normalized spacial score (nSPS) is 14.1. The van der Waals surface area contributed by atoms with Gasteiger partial charge in [0.05, 0.1) is 6.04 Å². The Morgan fingerprint density at radius 1 is 0.821 bits per heavy atom. The summed E-state index contributed by atoms with van der Waals surface area (Å²) in [7, 11) is 0. The van der Waals surface area contributed by atoms with E-state index in [2.05, 4.69) is 46.2 Å². The topological polar surface area (TPSA) is 187 Å². The summed E-state index contributed by atoms with van der Waals surface area (Å²) < 4.78 is 0. The van der Waals surface area contributed by atoms with Crippen molar-refractivity contribution in [3.63, 3.8) is 0 Å². The number of carbonyl (C=O) groups is 4. The number of phenols is 1. The van der Waals surface area contributed by atoms with Crippen LogP contribution in [0.15, 0.2) is 54.7 Å². The summed E-state index contributed by atoms with van der Waals surface area (Å²) in [6.07, 6.45) is 1.88. The number of carboxylic acids is 1. The van der Waals surface area contributed by atoms with E-state index >= 15 is 0 Å². The lowest BCUT2D eigenvalue weighted by Crippen LogP contribution is -2.58. The Labute approximate surface area is 235 Å². The molecule has 11 nitrogen and oxygen atoms in total. The number of fused-ring (bicyclic) bond motifs is 1. The van der Waals surface area contributed by atoms with Gasteiger partial charge < -0.3 is 36.9 Å². The minimum absolute atomic E-state index is 0.0204. The first-order valence-electron chi connectivity index (χ1n) is 12.1. The number of amides is 3. The third-order valence-corrected chi connectivity index (χ3v) is 6.80. The first kappa shape index (κ1) is 29.9. The number of hydrogen-bond acceptors (Lipinski definition) is 8. The predicted octanol–water partition coefficient (Wildman–Crippen LogP) is 0.385. The van der Waals surface area contributed by atoms with E-state index < -0.39 is 47.9 Å². The summed E-state index contributed by atoms with van der Waals surface area (Å²) in [5.74, 6) is -3.39. The molecule has 0 bridgehead atoms. The highest BCUT2D eigenvalue weighted by Gasteiger charge is 2.29. The van der Waals surface area contributed by atoms with Gasteiger partial charge in [-0.15, -0.1) is 0 Å². The molecule has 8 N–H and O–H groups in total. The van der Waals surface area contributed by atoms with Crippen LogP contribution < -0.4 is 21.7 Å². The van der Waals surface area contributed by atoms with Crippen molar-refractivity contribution in [2.75, 3.05) is 11.5 Å². The van der Waals surface area contributed by atoms with Crippen LogP contribution in [0.3, 0.4) is 0 Å². The van der Waals surface area contributed by atoms with Gasteiger partial charge in [0.2, 0.25) is 17.7 Å². The van der Waals surface area contributed by atoms with E-state index in [-0.39, 0.29) is 30.1 Å². The number of benzene rings is 2. The number of hydrogen-bond donors (Lipinski definition) is 9. The van der Waals surface area contributed by atoms with E-state index in [4.69, 9.17) is 5.73 Å². The quantitative estimate of drug-likeness (QED) is 0.132. The first-order chi connectivity index (χ1) is 18.6. The van der Waals surface area contributed by atoms with E-state index in [0.717, 1.165) is 16.5 Å². The Morgan fingerprint density at radius 3 is 1.97 bits per heavy atom. The Balaban J connectivity index is 1.59. The van der Waals surface area contributed by atoms with Crippen molar-refractivity contribution in [2.45, 2.75) is 37.0 Å². The van der Waals surface area contributed by atoms with Gasteiger partial charge in [0.1, 0.15) is 23.9 Å². The van der Waals surface area contributed by atoms with Crippen molar-refractivity contribution >= 4 is 59.9 Å². The molecule has 3 rings (SSSR count). The molecule has 39 heavy (non-hydrogen) atoms. The first-order valence-corrected chi connectivity index (χ1v) is 13.3. The van der Waals surface area contributed by atoms with Crippen LogP contribution in [0.25, 0.3) is 10.9 Å². The summed E-state index contributed by atoms with van der Waals surface area (Å²) in [5.41, 5.74) is 8.24. The van der Waals surface area contributed by atoms with Crippen LogP contribution >= 0.6 is 25.3 Å². The largest absolute Gasteiger partial charge is 0.508 e. The fraction of sp³-hybridized carbons (Fsp3) is 0.308. The van der Waals surface area contributed by atoms with Crippen LogP contribution in [-0.4, -0.2) is 74.6 Å². The number of aliphatic carboxylic acids is 1. The SMILES string of the molecule is NC(Cc1ccc(O)cc1)C(=O)NC(CS)C(=O)NC(CS)C(=O)NC(Cc1c[nH]c2ccccc12)C(=O)O. The summed E-state index contributed by atoms with van der Waals surface area (Å²) in [5, 5.41) is 27.4. The Bertz CT molecular complexity index is 1320. The average molecular weight is 574 g/mol. The van der Waals surface area contributed by atoms with Gasteiger partial charge in [0, 0.05) is 35.0 Å². The van der Waals surface area contributed by atoms with Gasteiger partial charge in [0.25, 0.3) is 0 Å². The average Bonchev–Trinajstić information content (AvgIpc) is 3.33. The Hall–Kier alpha value is -3.68. The second-order valence-electron chi connectivity index (χ2n) is 8.93. The fourth-order valence-corrected chi connectivity index (χ4v) is 4.42. The fourth-order valence-electron chi connectivity index (χ4n) is 3.91. The minimum atomic E-state index is -1.26. The van der Waals surface area contributed by atoms with Gasteiger partial charge >= 0.3 is 5.97 Å². The second kappa shape index (κ2) is 13.9. The molecule has 3 amide bonds. The number of aromatic nitrogens is 1. The second-order valence-corrected chi connectivity index (χ2v) is 9.66. The summed E-state index contributed by atoms with van der Waals surface area (Å²) in [4.78, 5) is 53.3. The zero-order valence-electron chi connectivity index (χ0n) is 20.8. The lowest BCUT2D eigenvalue weighted by Gasteiger charge is -2.23. The number of para-hydroxylation sites is 1. The maximum Gasteiger partial charge on any atom is 0.326 e. The molecule has 208 valence electrons. The molecule has 4 unspecified atom stereocenters.